The lowest BCUT2D eigenvalue weighted by Crippen LogP contribution is -2.04. The lowest BCUT2D eigenvalue weighted by atomic mass is 10.2. The van der Waals surface area contributed by atoms with Crippen LogP contribution in [-0.4, -0.2) is 24.7 Å². The summed E-state index contributed by atoms with van der Waals surface area (Å²) >= 11 is 5.93. The highest BCUT2D eigenvalue weighted by atomic mass is 35.5. The Labute approximate surface area is 115 Å². The van der Waals surface area contributed by atoms with Crippen molar-refractivity contribution in [3.05, 3.63) is 35.2 Å². The van der Waals surface area contributed by atoms with E-state index in [2.05, 4.69) is 4.98 Å². The Morgan fingerprint density at radius 3 is 2.95 bits per heavy atom. The van der Waals surface area contributed by atoms with Crippen molar-refractivity contribution >= 4 is 17.6 Å². The standard InChI is InChI=1S/C13H12ClNO4/c1-3-18-13(16)10-7-19-12(15-10)9-6-8(14)4-5-11(9)17-2/h4-7H,3H2,1-2H3. The summed E-state index contributed by atoms with van der Waals surface area (Å²) < 4.78 is 15.3. The van der Waals surface area contributed by atoms with E-state index in [0.717, 1.165) is 0 Å². The Morgan fingerprint density at radius 1 is 1.47 bits per heavy atom. The Kier molecular flexibility index (Phi) is 4.06. The van der Waals surface area contributed by atoms with Gasteiger partial charge >= 0.3 is 5.97 Å². The van der Waals surface area contributed by atoms with Crippen LogP contribution in [0.4, 0.5) is 0 Å². The molecule has 0 radical (unpaired) electrons. The highest BCUT2D eigenvalue weighted by molar-refractivity contribution is 6.30. The number of nitrogens with zero attached hydrogens (tertiary/aromatic N) is 1. The number of halogens is 1. The van der Waals surface area contributed by atoms with Crippen molar-refractivity contribution in [3.63, 3.8) is 0 Å². The third kappa shape index (κ3) is 2.88. The molecule has 0 spiro atoms. The lowest BCUT2D eigenvalue weighted by Gasteiger charge is -2.05. The molecule has 0 saturated heterocycles. The number of esters is 1. The van der Waals surface area contributed by atoms with E-state index < -0.39 is 5.97 Å². The lowest BCUT2D eigenvalue weighted by molar-refractivity contribution is 0.0519. The third-order valence-corrected chi connectivity index (χ3v) is 2.62. The highest BCUT2D eigenvalue weighted by Crippen LogP contribution is 2.31. The molecule has 0 aliphatic carbocycles. The van der Waals surface area contributed by atoms with Crippen LogP contribution in [0.1, 0.15) is 17.4 Å². The summed E-state index contributed by atoms with van der Waals surface area (Å²) in [4.78, 5) is 15.6. The molecule has 2 rings (SSSR count). The smallest absolute Gasteiger partial charge is 0.360 e. The predicted molar refractivity (Wildman–Crippen MR) is 69.5 cm³/mol. The van der Waals surface area contributed by atoms with E-state index in [4.69, 9.17) is 25.5 Å². The molecule has 100 valence electrons. The van der Waals surface area contributed by atoms with E-state index in [9.17, 15) is 4.79 Å². The minimum Gasteiger partial charge on any atom is -0.496 e. The molecule has 0 aliphatic rings. The maximum absolute atomic E-state index is 11.5. The first-order valence-electron chi connectivity index (χ1n) is 5.62. The van der Waals surface area contributed by atoms with Crippen LogP contribution in [0, 0.1) is 0 Å². The molecule has 1 aromatic carbocycles. The molecule has 6 heteroatoms. The zero-order valence-electron chi connectivity index (χ0n) is 10.5. The minimum absolute atomic E-state index is 0.110. The summed E-state index contributed by atoms with van der Waals surface area (Å²) in [5, 5.41) is 0.520. The zero-order chi connectivity index (χ0) is 13.8. The molecular weight excluding hydrogens is 270 g/mol. The van der Waals surface area contributed by atoms with Crippen LogP contribution in [0.2, 0.25) is 5.02 Å². The fourth-order valence-corrected chi connectivity index (χ4v) is 1.72. The van der Waals surface area contributed by atoms with Gasteiger partial charge in [-0.1, -0.05) is 11.6 Å². The normalized spacial score (nSPS) is 10.3. The van der Waals surface area contributed by atoms with Crippen LogP contribution >= 0.6 is 11.6 Å². The average molecular weight is 282 g/mol. The summed E-state index contributed by atoms with van der Waals surface area (Å²) in [6.45, 7) is 2.00. The van der Waals surface area contributed by atoms with E-state index in [1.165, 1.54) is 13.4 Å². The molecule has 5 nitrogen and oxygen atoms in total. The van der Waals surface area contributed by atoms with Crippen molar-refractivity contribution in [1.82, 2.24) is 4.98 Å². The van der Waals surface area contributed by atoms with Crippen LogP contribution in [-0.2, 0) is 4.74 Å². The molecule has 1 heterocycles. The maximum Gasteiger partial charge on any atom is 0.360 e. The molecule has 0 atom stereocenters. The van der Waals surface area contributed by atoms with Gasteiger partial charge in [-0.05, 0) is 25.1 Å². The van der Waals surface area contributed by atoms with Gasteiger partial charge in [0, 0.05) is 5.02 Å². The second-order valence-corrected chi connectivity index (χ2v) is 4.04. The largest absolute Gasteiger partial charge is 0.496 e. The first-order chi connectivity index (χ1) is 9.15. The zero-order valence-corrected chi connectivity index (χ0v) is 11.2. The molecule has 0 fully saturated rings. The van der Waals surface area contributed by atoms with Gasteiger partial charge in [-0.25, -0.2) is 9.78 Å². The first-order valence-corrected chi connectivity index (χ1v) is 6.00. The van der Waals surface area contributed by atoms with Crippen molar-refractivity contribution in [3.8, 4) is 17.2 Å². The fraction of sp³-hybridized carbons (Fsp3) is 0.231. The number of benzene rings is 1. The molecular formula is C13H12ClNO4. The van der Waals surface area contributed by atoms with E-state index in [0.29, 0.717) is 16.3 Å². The molecule has 0 aliphatic heterocycles. The van der Waals surface area contributed by atoms with Crippen LogP contribution in [0.15, 0.2) is 28.9 Å². The van der Waals surface area contributed by atoms with Crippen LogP contribution in [0.3, 0.4) is 0 Å². The SMILES string of the molecule is CCOC(=O)c1coc(-c2cc(Cl)ccc2OC)n1. The monoisotopic (exact) mass is 281 g/mol. The van der Waals surface area contributed by atoms with Gasteiger partial charge in [0.2, 0.25) is 5.89 Å². The van der Waals surface area contributed by atoms with Gasteiger partial charge in [0.1, 0.15) is 12.0 Å². The van der Waals surface area contributed by atoms with Gasteiger partial charge in [-0.15, -0.1) is 0 Å². The van der Waals surface area contributed by atoms with Crippen LogP contribution < -0.4 is 4.74 Å². The van der Waals surface area contributed by atoms with E-state index in [1.54, 1.807) is 25.1 Å². The van der Waals surface area contributed by atoms with Gasteiger partial charge in [0.05, 0.1) is 19.3 Å². The Balaban J connectivity index is 2.37. The average Bonchev–Trinajstić information content (AvgIpc) is 2.88. The van der Waals surface area contributed by atoms with Crippen LogP contribution in [0.25, 0.3) is 11.5 Å². The molecule has 2 aromatic rings. The molecule has 0 N–H and O–H groups in total. The van der Waals surface area contributed by atoms with Crippen molar-refractivity contribution in [2.45, 2.75) is 6.92 Å². The summed E-state index contributed by atoms with van der Waals surface area (Å²) in [5.41, 5.74) is 0.685. The topological polar surface area (TPSA) is 61.6 Å². The van der Waals surface area contributed by atoms with Gasteiger partial charge in [-0.3, -0.25) is 0 Å². The van der Waals surface area contributed by atoms with Gasteiger partial charge in [0.25, 0.3) is 0 Å². The number of hydrogen-bond donors (Lipinski definition) is 0. The second-order valence-electron chi connectivity index (χ2n) is 3.60. The number of carbonyl (C=O) groups excluding carboxylic acids is 1. The predicted octanol–water partition coefficient (Wildman–Crippen LogP) is 3.18. The molecule has 19 heavy (non-hydrogen) atoms. The van der Waals surface area contributed by atoms with E-state index in [1.807, 2.05) is 0 Å². The van der Waals surface area contributed by atoms with Gasteiger partial charge < -0.3 is 13.9 Å². The number of ether oxygens (including phenoxy) is 2. The Bertz CT molecular complexity index is 594. The Morgan fingerprint density at radius 2 is 2.26 bits per heavy atom. The van der Waals surface area contributed by atoms with Crippen molar-refractivity contribution in [2.75, 3.05) is 13.7 Å². The minimum atomic E-state index is -0.529. The van der Waals surface area contributed by atoms with Crippen LogP contribution in [0.5, 0.6) is 5.75 Å². The van der Waals surface area contributed by atoms with Crippen molar-refractivity contribution in [2.24, 2.45) is 0 Å². The molecule has 0 bridgehead atoms. The number of methoxy groups -OCH3 is 1. The number of carbonyl (C=O) groups is 1. The summed E-state index contributed by atoms with van der Waals surface area (Å²) in [6.07, 6.45) is 1.24. The molecule has 0 amide bonds. The third-order valence-electron chi connectivity index (χ3n) is 2.38. The quantitative estimate of drug-likeness (QED) is 0.806. The van der Waals surface area contributed by atoms with E-state index in [-0.39, 0.29) is 18.2 Å². The number of oxazole rings is 1. The summed E-state index contributed by atoms with van der Waals surface area (Å²) in [7, 11) is 1.53. The second kappa shape index (κ2) is 5.75. The maximum atomic E-state index is 11.5. The fourth-order valence-electron chi connectivity index (χ4n) is 1.54. The van der Waals surface area contributed by atoms with E-state index >= 15 is 0 Å². The van der Waals surface area contributed by atoms with Crippen molar-refractivity contribution < 1.29 is 18.7 Å². The molecule has 0 saturated carbocycles. The molecule has 0 unspecified atom stereocenters. The summed E-state index contributed by atoms with van der Waals surface area (Å²) in [6, 6.07) is 5.05. The number of rotatable bonds is 4. The molecule has 1 aromatic heterocycles. The van der Waals surface area contributed by atoms with Crippen molar-refractivity contribution in [1.29, 1.82) is 0 Å². The highest BCUT2D eigenvalue weighted by Gasteiger charge is 2.17. The number of aromatic nitrogens is 1. The van der Waals surface area contributed by atoms with Gasteiger partial charge in [-0.2, -0.15) is 0 Å². The Hall–Kier alpha value is -2.01. The summed E-state index contributed by atoms with van der Waals surface area (Å²) in [5.74, 6) is 0.280. The van der Waals surface area contributed by atoms with Gasteiger partial charge in [0.15, 0.2) is 5.69 Å². The number of hydrogen-bond acceptors (Lipinski definition) is 5. The first kappa shape index (κ1) is 13.4.